The molecule has 0 saturated carbocycles. The molecule has 6 heteroatoms. The molecule has 19 heavy (non-hydrogen) atoms. The summed E-state index contributed by atoms with van der Waals surface area (Å²) in [6.45, 7) is 0. The van der Waals surface area contributed by atoms with Gasteiger partial charge in [0, 0.05) is 5.02 Å². The number of halogens is 1. The molecule has 2 rings (SSSR count). The Kier molecular flexibility index (Phi) is 3.58. The van der Waals surface area contributed by atoms with Gasteiger partial charge in [-0.3, -0.25) is 0 Å². The lowest BCUT2D eigenvalue weighted by Crippen LogP contribution is -2.11. The van der Waals surface area contributed by atoms with Gasteiger partial charge in [0.15, 0.2) is 0 Å². The standard InChI is InChI=1S/C13H9ClN2O2S/c14-11-3-6-13(10(7-11)8-15)9-1-4-12(5-2-9)19(16,17)18/h1-7H,(H2,16,17,18). The molecular formula is C13H9ClN2O2S. The lowest BCUT2D eigenvalue weighted by atomic mass is 10.0. The van der Waals surface area contributed by atoms with Crippen LogP contribution in [0.15, 0.2) is 47.4 Å². The predicted molar refractivity (Wildman–Crippen MR) is 73.0 cm³/mol. The van der Waals surface area contributed by atoms with Gasteiger partial charge in [0.2, 0.25) is 10.0 Å². The first kappa shape index (κ1) is 13.6. The molecule has 0 radical (unpaired) electrons. The molecule has 2 aromatic rings. The molecule has 0 spiro atoms. The molecule has 2 aromatic carbocycles. The van der Waals surface area contributed by atoms with Crippen molar-refractivity contribution in [3.63, 3.8) is 0 Å². The summed E-state index contributed by atoms with van der Waals surface area (Å²) in [7, 11) is -3.71. The topological polar surface area (TPSA) is 83.9 Å². The number of benzene rings is 2. The highest BCUT2D eigenvalue weighted by atomic mass is 35.5. The largest absolute Gasteiger partial charge is 0.238 e. The molecule has 0 aliphatic carbocycles. The van der Waals surface area contributed by atoms with E-state index in [0.717, 1.165) is 5.56 Å². The average Bonchev–Trinajstić information content (AvgIpc) is 2.37. The maximum Gasteiger partial charge on any atom is 0.238 e. The van der Waals surface area contributed by atoms with E-state index in [1.807, 2.05) is 0 Å². The van der Waals surface area contributed by atoms with Gasteiger partial charge >= 0.3 is 0 Å². The van der Waals surface area contributed by atoms with Crippen LogP contribution in [-0.4, -0.2) is 8.42 Å². The van der Waals surface area contributed by atoms with Crippen molar-refractivity contribution in [2.75, 3.05) is 0 Å². The van der Waals surface area contributed by atoms with Crippen LogP contribution in [0.2, 0.25) is 5.02 Å². The van der Waals surface area contributed by atoms with Crippen molar-refractivity contribution < 1.29 is 8.42 Å². The first-order chi connectivity index (χ1) is 8.91. The minimum absolute atomic E-state index is 0.0312. The van der Waals surface area contributed by atoms with Gasteiger partial charge in [-0.25, -0.2) is 13.6 Å². The second kappa shape index (κ2) is 5.02. The van der Waals surface area contributed by atoms with Crippen LogP contribution >= 0.6 is 11.6 Å². The Labute approximate surface area is 116 Å². The maximum absolute atomic E-state index is 11.2. The molecule has 0 fully saturated rings. The van der Waals surface area contributed by atoms with Crippen molar-refractivity contribution in [3.05, 3.63) is 53.1 Å². The minimum atomic E-state index is -3.71. The van der Waals surface area contributed by atoms with E-state index in [1.165, 1.54) is 12.1 Å². The SMILES string of the molecule is N#Cc1cc(Cl)ccc1-c1ccc(S(N)(=O)=O)cc1. The number of nitrogens with two attached hydrogens (primary N) is 1. The quantitative estimate of drug-likeness (QED) is 0.923. The fourth-order valence-corrected chi connectivity index (χ4v) is 2.37. The third kappa shape index (κ3) is 2.93. The van der Waals surface area contributed by atoms with Crippen molar-refractivity contribution in [1.29, 1.82) is 5.26 Å². The first-order valence-corrected chi connectivity index (χ1v) is 7.17. The fraction of sp³-hybridized carbons (Fsp3) is 0. The van der Waals surface area contributed by atoms with Crippen LogP contribution in [0.25, 0.3) is 11.1 Å². The third-order valence-electron chi connectivity index (χ3n) is 2.60. The monoisotopic (exact) mass is 292 g/mol. The summed E-state index contributed by atoms with van der Waals surface area (Å²) in [5, 5.41) is 14.6. The molecule has 0 aromatic heterocycles. The minimum Gasteiger partial charge on any atom is -0.225 e. The van der Waals surface area contributed by atoms with Gasteiger partial charge in [0.05, 0.1) is 16.5 Å². The molecule has 0 atom stereocenters. The summed E-state index contributed by atoms with van der Waals surface area (Å²) in [6.07, 6.45) is 0. The fourth-order valence-electron chi connectivity index (χ4n) is 1.68. The molecule has 0 unspecified atom stereocenters. The number of hydrogen-bond donors (Lipinski definition) is 1. The van der Waals surface area contributed by atoms with Crippen LogP contribution in [-0.2, 0) is 10.0 Å². The van der Waals surface area contributed by atoms with Crippen molar-refractivity contribution in [1.82, 2.24) is 0 Å². The Balaban J connectivity index is 2.52. The van der Waals surface area contributed by atoms with Gasteiger partial charge in [-0.15, -0.1) is 0 Å². The smallest absolute Gasteiger partial charge is 0.225 e. The Hall–Kier alpha value is -1.87. The highest BCUT2D eigenvalue weighted by Crippen LogP contribution is 2.26. The van der Waals surface area contributed by atoms with E-state index in [4.69, 9.17) is 22.0 Å². The van der Waals surface area contributed by atoms with E-state index in [2.05, 4.69) is 6.07 Å². The third-order valence-corrected chi connectivity index (χ3v) is 3.76. The van der Waals surface area contributed by atoms with Crippen LogP contribution in [0.4, 0.5) is 0 Å². The van der Waals surface area contributed by atoms with Gasteiger partial charge in [0.25, 0.3) is 0 Å². The first-order valence-electron chi connectivity index (χ1n) is 5.25. The zero-order valence-corrected chi connectivity index (χ0v) is 11.2. The van der Waals surface area contributed by atoms with Crippen LogP contribution in [0.1, 0.15) is 5.56 Å². The second-order valence-electron chi connectivity index (χ2n) is 3.87. The average molecular weight is 293 g/mol. The Bertz CT molecular complexity index is 762. The van der Waals surface area contributed by atoms with E-state index in [9.17, 15) is 8.42 Å². The van der Waals surface area contributed by atoms with E-state index >= 15 is 0 Å². The number of rotatable bonds is 2. The van der Waals surface area contributed by atoms with Gasteiger partial charge in [-0.05, 0) is 35.4 Å². The van der Waals surface area contributed by atoms with Crippen LogP contribution in [0.3, 0.4) is 0 Å². The van der Waals surface area contributed by atoms with E-state index in [0.29, 0.717) is 16.1 Å². The van der Waals surface area contributed by atoms with E-state index in [-0.39, 0.29) is 4.90 Å². The van der Waals surface area contributed by atoms with Crippen molar-refractivity contribution in [3.8, 4) is 17.2 Å². The number of nitriles is 1. The van der Waals surface area contributed by atoms with Crippen molar-refractivity contribution in [2.24, 2.45) is 5.14 Å². The molecule has 0 bridgehead atoms. The molecular weight excluding hydrogens is 284 g/mol. The van der Waals surface area contributed by atoms with E-state index < -0.39 is 10.0 Å². The molecule has 0 amide bonds. The summed E-state index contributed by atoms with van der Waals surface area (Å²) in [5.74, 6) is 0. The Morgan fingerprint density at radius 3 is 2.26 bits per heavy atom. The zero-order valence-electron chi connectivity index (χ0n) is 9.67. The summed E-state index contributed by atoms with van der Waals surface area (Å²) < 4.78 is 22.3. The molecule has 0 heterocycles. The maximum atomic E-state index is 11.2. The van der Waals surface area contributed by atoms with Crippen LogP contribution < -0.4 is 5.14 Å². The summed E-state index contributed by atoms with van der Waals surface area (Å²) in [5.41, 5.74) is 1.84. The predicted octanol–water partition coefficient (Wildman–Crippen LogP) is 2.53. The number of sulfonamides is 1. The van der Waals surface area contributed by atoms with E-state index in [1.54, 1.807) is 30.3 Å². The van der Waals surface area contributed by atoms with Crippen molar-refractivity contribution in [2.45, 2.75) is 4.90 Å². The van der Waals surface area contributed by atoms with Gasteiger partial charge < -0.3 is 0 Å². The normalized spacial score (nSPS) is 11.0. The molecule has 0 aliphatic heterocycles. The number of nitrogens with zero attached hydrogens (tertiary/aromatic N) is 1. The Morgan fingerprint density at radius 2 is 1.74 bits per heavy atom. The molecule has 96 valence electrons. The summed E-state index contributed by atoms with van der Waals surface area (Å²) in [6, 6.07) is 13.0. The summed E-state index contributed by atoms with van der Waals surface area (Å²) >= 11 is 5.82. The summed E-state index contributed by atoms with van der Waals surface area (Å²) in [4.78, 5) is 0.0312. The van der Waals surface area contributed by atoms with Gasteiger partial charge in [0.1, 0.15) is 0 Å². The molecule has 4 nitrogen and oxygen atoms in total. The zero-order chi connectivity index (χ0) is 14.0. The van der Waals surface area contributed by atoms with Crippen LogP contribution in [0, 0.1) is 11.3 Å². The number of hydrogen-bond acceptors (Lipinski definition) is 3. The Morgan fingerprint density at radius 1 is 1.11 bits per heavy atom. The lowest BCUT2D eigenvalue weighted by molar-refractivity contribution is 0.598. The second-order valence-corrected chi connectivity index (χ2v) is 5.87. The van der Waals surface area contributed by atoms with Crippen molar-refractivity contribution >= 4 is 21.6 Å². The van der Waals surface area contributed by atoms with Gasteiger partial charge in [-0.1, -0.05) is 29.8 Å². The highest BCUT2D eigenvalue weighted by Gasteiger charge is 2.09. The molecule has 2 N–H and O–H groups in total. The highest BCUT2D eigenvalue weighted by molar-refractivity contribution is 7.89. The van der Waals surface area contributed by atoms with Gasteiger partial charge in [-0.2, -0.15) is 5.26 Å². The number of primary sulfonamides is 1. The molecule has 0 aliphatic rings. The molecule has 0 saturated heterocycles. The lowest BCUT2D eigenvalue weighted by Gasteiger charge is -2.05. The van der Waals surface area contributed by atoms with Crippen LogP contribution in [0.5, 0.6) is 0 Å².